The van der Waals surface area contributed by atoms with E-state index < -0.39 is 95.2 Å². The van der Waals surface area contributed by atoms with Crippen molar-refractivity contribution in [2.45, 2.75) is 104 Å². The smallest absolute Gasteiger partial charge is 0.317 e. The number of aliphatic hydroxyl groups is 1. The molecule has 12 nitrogen and oxygen atoms in total. The van der Waals surface area contributed by atoms with Gasteiger partial charge in [0.05, 0.1) is 12.2 Å². The number of amidine groups is 1. The number of hydrogen-bond acceptors (Lipinski definition) is 11. The Morgan fingerprint density at radius 2 is 1.60 bits per heavy atom. The second-order valence-corrected chi connectivity index (χ2v) is 13.8. The summed E-state index contributed by atoms with van der Waals surface area (Å²) in [5.74, 6) is -8.39. The first-order valence-corrected chi connectivity index (χ1v) is 15.5. The van der Waals surface area contributed by atoms with Crippen molar-refractivity contribution in [1.29, 1.82) is 5.41 Å². The van der Waals surface area contributed by atoms with Gasteiger partial charge >= 0.3 is 11.9 Å². The van der Waals surface area contributed by atoms with Crippen LogP contribution in [-0.4, -0.2) is 95.8 Å². The minimum absolute atomic E-state index is 0.150. The zero-order chi connectivity index (χ0) is 32.3. The molecule has 3 heterocycles. The maximum Gasteiger partial charge on any atom is 0.317 e. The largest absolute Gasteiger partial charge is 0.457 e. The van der Waals surface area contributed by atoms with Crippen molar-refractivity contribution >= 4 is 29.3 Å². The maximum atomic E-state index is 14.0. The van der Waals surface area contributed by atoms with E-state index in [1.807, 2.05) is 32.8 Å². The number of likely N-dealkylation sites (N-methyl/N-ethyl adjacent to an activating group) is 1. The molecule has 0 bridgehead atoms. The molecule has 1 spiro atoms. The van der Waals surface area contributed by atoms with Gasteiger partial charge in [0.25, 0.3) is 0 Å². The number of esters is 2. The molecular formula is C31H49N3O9. The number of ketones is 2. The number of Topliss-reactive ketones (excluding diaryl/α,β-unsaturated/α-hetero) is 2. The molecule has 12 heteroatoms. The minimum atomic E-state index is -1.29. The number of nitrogens with one attached hydrogen (secondary N) is 1. The van der Waals surface area contributed by atoms with Crippen LogP contribution in [0.15, 0.2) is 0 Å². The molecule has 0 aromatic rings. The molecule has 43 heavy (non-hydrogen) atoms. The van der Waals surface area contributed by atoms with Crippen LogP contribution >= 0.6 is 0 Å². The van der Waals surface area contributed by atoms with Gasteiger partial charge in [0.1, 0.15) is 35.7 Å². The third-order valence-corrected chi connectivity index (χ3v) is 10.5. The Hall–Kier alpha value is -2.41. The Morgan fingerprint density at radius 1 is 0.977 bits per heavy atom. The van der Waals surface area contributed by atoms with Crippen molar-refractivity contribution in [2.24, 2.45) is 53.1 Å². The summed E-state index contributed by atoms with van der Waals surface area (Å²) in [4.78, 5) is 56.0. The molecule has 1 saturated carbocycles. The summed E-state index contributed by atoms with van der Waals surface area (Å²) in [7, 11) is 3.74. The van der Waals surface area contributed by atoms with Gasteiger partial charge in [-0.2, -0.15) is 0 Å². The van der Waals surface area contributed by atoms with E-state index in [4.69, 9.17) is 30.1 Å². The molecule has 15 atom stereocenters. The van der Waals surface area contributed by atoms with Gasteiger partial charge in [-0.05, 0) is 46.7 Å². The first-order chi connectivity index (χ1) is 19.9. The number of ether oxygens (including phenoxy) is 4. The Morgan fingerprint density at radius 3 is 2.19 bits per heavy atom. The van der Waals surface area contributed by atoms with Crippen molar-refractivity contribution in [3.63, 3.8) is 0 Å². The van der Waals surface area contributed by atoms with Gasteiger partial charge in [0.2, 0.25) is 0 Å². The summed E-state index contributed by atoms with van der Waals surface area (Å²) in [6.07, 6.45) is -2.94. The van der Waals surface area contributed by atoms with E-state index in [9.17, 15) is 24.3 Å². The highest BCUT2D eigenvalue weighted by Crippen LogP contribution is 2.62. The number of carbonyl (C=O) groups is 4. The SMILES string of the molecule is CC1CC(N(C)C)C(O)C(O[C@H]2[C@@H](C)C[C@@H](C)C(=O)[C@H](C)C3C(C(=N)N)C(=O)O[C@@]34C(C)[C@H]4OC(=O)[C@H](C)C(=O)[C@@H]2C)O1. The Bertz CT molecular complexity index is 1150. The molecule has 0 radical (unpaired) electrons. The summed E-state index contributed by atoms with van der Waals surface area (Å²) < 4.78 is 24.0. The van der Waals surface area contributed by atoms with E-state index >= 15 is 0 Å². The molecule has 1 aliphatic carbocycles. The second kappa shape index (κ2) is 12.2. The van der Waals surface area contributed by atoms with Crippen LogP contribution in [-0.2, 0) is 38.1 Å². The normalized spacial score (nSPS) is 47.7. The molecule has 0 aromatic heterocycles. The number of rotatable bonds is 4. The molecular weight excluding hydrogens is 558 g/mol. The fourth-order valence-corrected chi connectivity index (χ4v) is 7.96. The van der Waals surface area contributed by atoms with Gasteiger partial charge in [-0.1, -0.05) is 34.6 Å². The molecule has 4 rings (SSSR count). The van der Waals surface area contributed by atoms with Crippen LogP contribution in [0.1, 0.15) is 61.3 Å². The molecule has 4 aliphatic rings. The number of hydrogen-bond donors (Lipinski definition) is 3. The maximum absolute atomic E-state index is 14.0. The molecule has 4 N–H and O–H groups in total. The zero-order valence-electron chi connectivity index (χ0n) is 26.7. The molecule has 3 aliphatic heterocycles. The topological polar surface area (TPSA) is 179 Å². The van der Waals surface area contributed by atoms with E-state index in [1.54, 1.807) is 27.7 Å². The standard InChI is InChI=1S/C31H49N3O9/c1-12-10-13(2)25(41-30-24(37)19(34(8)9)11-14(3)40-30)16(5)23(36)17(6)28(38)42-26-18(7)31(26)21(15(4)22(12)35)20(27(32)33)29(39)43-31/h12-21,24-26,30,37H,10-11H2,1-9H3,(H3,32,33)/t12-,13+,14?,15-,16+,17-,18?,19?,20?,21?,24?,25+,26-,30?,31+/m1/s1. The van der Waals surface area contributed by atoms with Crippen molar-refractivity contribution < 1.29 is 43.2 Å². The van der Waals surface area contributed by atoms with Crippen molar-refractivity contribution in [1.82, 2.24) is 4.90 Å². The molecule has 0 aromatic carbocycles. The summed E-state index contributed by atoms with van der Waals surface area (Å²) in [6, 6.07) is -0.227. The van der Waals surface area contributed by atoms with E-state index in [1.165, 1.54) is 6.92 Å². The van der Waals surface area contributed by atoms with Gasteiger partial charge in [0, 0.05) is 35.6 Å². The van der Waals surface area contributed by atoms with Crippen LogP contribution < -0.4 is 5.73 Å². The number of aliphatic hydroxyl groups excluding tert-OH is 1. The van der Waals surface area contributed by atoms with E-state index in [0.717, 1.165) is 0 Å². The first kappa shape index (κ1) is 33.5. The Labute approximate surface area is 253 Å². The average molecular weight is 608 g/mol. The predicted octanol–water partition coefficient (Wildman–Crippen LogP) is 1.55. The van der Waals surface area contributed by atoms with Gasteiger partial charge in [-0.25, -0.2) is 0 Å². The lowest BCUT2D eigenvalue weighted by Gasteiger charge is -2.43. The third-order valence-electron chi connectivity index (χ3n) is 10.5. The van der Waals surface area contributed by atoms with E-state index in [2.05, 4.69) is 0 Å². The second-order valence-electron chi connectivity index (χ2n) is 13.8. The third kappa shape index (κ3) is 5.76. The van der Waals surface area contributed by atoms with Gasteiger partial charge in [0.15, 0.2) is 17.7 Å². The predicted molar refractivity (Wildman–Crippen MR) is 155 cm³/mol. The number of carbonyl (C=O) groups excluding carboxylic acids is 4. The number of nitrogens with two attached hydrogens (primary N) is 1. The lowest BCUT2D eigenvalue weighted by atomic mass is 9.72. The van der Waals surface area contributed by atoms with Crippen molar-refractivity contribution in [2.75, 3.05) is 14.1 Å². The summed E-state index contributed by atoms with van der Waals surface area (Å²) >= 11 is 0. The van der Waals surface area contributed by atoms with Crippen molar-refractivity contribution in [3.8, 4) is 0 Å². The monoisotopic (exact) mass is 607 g/mol. The van der Waals surface area contributed by atoms with Gasteiger partial charge < -0.3 is 34.7 Å². The zero-order valence-corrected chi connectivity index (χ0v) is 26.7. The molecule has 3 saturated heterocycles. The summed E-state index contributed by atoms with van der Waals surface area (Å²) in [6.45, 7) is 12.2. The Kier molecular flexibility index (Phi) is 9.48. The fourth-order valence-electron chi connectivity index (χ4n) is 7.96. The van der Waals surface area contributed by atoms with Crippen molar-refractivity contribution in [3.05, 3.63) is 0 Å². The summed E-state index contributed by atoms with van der Waals surface area (Å²) in [5.41, 5.74) is 4.56. The molecule has 0 amide bonds. The molecule has 242 valence electrons. The first-order valence-electron chi connectivity index (χ1n) is 15.5. The van der Waals surface area contributed by atoms with Crippen LogP contribution in [0.5, 0.6) is 0 Å². The minimum Gasteiger partial charge on any atom is -0.457 e. The Balaban J connectivity index is 1.70. The highest BCUT2D eigenvalue weighted by Gasteiger charge is 2.79. The lowest BCUT2D eigenvalue weighted by Crippen LogP contribution is -2.56. The van der Waals surface area contributed by atoms with Crippen LogP contribution in [0.2, 0.25) is 0 Å². The quantitative estimate of drug-likeness (QED) is 0.183. The number of nitrogens with zero attached hydrogens (tertiary/aromatic N) is 1. The summed E-state index contributed by atoms with van der Waals surface area (Å²) in [5, 5.41) is 19.3. The lowest BCUT2D eigenvalue weighted by molar-refractivity contribution is -0.278. The highest BCUT2D eigenvalue weighted by molar-refractivity contribution is 6.02. The van der Waals surface area contributed by atoms with E-state index in [-0.39, 0.29) is 23.8 Å². The van der Waals surface area contributed by atoms with Gasteiger partial charge in [-0.3, -0.25) is 24.6 Å². The van der Waals surface area contributed by atoms with E-state index in [0.29, 0.717) is 12.8 Å². The molecule has 7 unspecified atom stereocenters. The molecule has 4 fully saturated rings. The average Bonchev–Trinajstić information content (AvgIpc) is 3.31. The van der Waals surface area contributed by atoms with Crippen LogP contribution in [0.25, 0.3) is 0 Å². The van der Waals surface area contributed by atoms with Gasteiger partial charge in [-0.15, -0.1) is 0 Å². The highest BCUT2D eigenvalue weighted by atomic mass is 16.7. The van der Waals surface area contributed by atoms with Crippen LogP contribution in [0.3, 0.4) is 0 Å². The fraction of sp³-hybridized carbons (Fsp3) is 0.839. The van der Waals surface area contributed by atoms with Crippen LogP contribution in [0, 0.1) is 52.8 Å². The van der Waals surface area contributed by atoms with Crippen LogP contribution in [0.4, 0.5) is 0 Å².